The van der Waals surface area contributed by atoms with Crippen molar-refractivity contribution in [3.63, 3.8) is 0 Å². The number of rotatable bonds is 45. The van der Waals surface area contributed by atoms with Crippen LogP contribution in [-0.4, -0.2) is 37.2 Å². The van der Waals surface area contributed by atoms with Gasteiger partial charge in [0, 0.05) is 19.3 Å². The summed E-state index contributed by atoms with van der Waals surface area (Å²) >= 11 is 0. The second-order valence-electron chi connectivity index (χ2n) is 16.7. The first kappa shape index (κ1) is 57.1. The second kappa shape index (κ2) is 48.8. The molecule has 0 radical (unpaired) electrons. The largest absolute Gasteiger partial charge is 0.462 e. The van der Waals surface area contributed by atoms with E-state index in [1.165, 1.54) is 122 Å². The van der Waals surface area contributed by atoms with Crippen LogP contribution in [0, 0.1) is 0 Å². The number of allylic oxidation sites excluding steroid dienone is 10. The molecule has 0 fully saturated rings. The maximum atomic E-state index is 12.8. The van der Waals surface area contributed by atoms with E-state index in [0.717, 1.165) is 77.0 Å². The zero-order valence-corrected chi connectivity index (χ0v) is 39.5. The predicted octanol–water partition coefficient (Wildman–Crippen LogP) is 16.5. The fourth-order valence-electron chi connectivity index (χ4n) is 6.96. The first-order chi connectivity index (χ1) is 29.5. The van der Waals surface area contributed by atoms with Crippen molar-refractivity contribution >= 4 is 17.9 Å². The van der Waals surface area contributed by atoms with Crippen molar-refractivity contribution < 1.29 is 28.6 Å². The summed E-state index contributed by atoms with van der Waals surface area (Å²) in [4.78, 5) is 37.9. The molecule has 0 aliphatic carbocycles. The van der Waals surface area contributed by atoms with Crippen molar-refractivity contribution in [2.75, 3.05) is 13.2 Å². The van der Waals surface area contributed by atoms with Gasteiger partial charge in [-0.15, -0.1) is 0 Å². The minimum Gasteiger partial charge on any atom is -0.462 e. The zero-order valence-electron chi connectivity index (χ0n) is 39.5. The Labute approximate surface area is 370 Å². The van der Waals surface area contributed by atoms with Crippen LogP contribution in [0.1, 0.15) is 245 Å². The molecule has 0 amide bonds. The van der Waals surface area contributed by atoms with E-state index in [4.69, 9.17) is 14.2 Å². The molecule has 0 spiro atoms. The number of carbonyl (C=O) groups excluding carboxylic acids is 3. The zero-order chi connectivity index (χ0) is 43.7. The van der Waals surface area contributed by atoms with Gasteiger partial charge in [0.1, 0.15) is 13.2 Å². The molecule has 0 rings (SSSR count). The molecule has 0 aromatic rings. The number of ether oxygens (including phenoxy) is 3. The topological polar surface area (TPSA) is 78.9 Å². The van der Waals surface area contributed by atoms with Crippen molar-refractivity contribution in [2.24, 2.45) is 0 Å². The minimum absolute atomic E-state index is 0.0905. The van der Waals surface area contributed by atoms with Gasteiger partial charge < -0.3 is 14.2 Å². The Balaban J connectivity index is 4.44. The molecule has 0 N–H and O–H groups in total. The van der Waals surface area contributed by atoms with Gasteiger partial charge >= 0.3 is 17.9 Å². The third kappa shape index (κ3) is 46.2. The molecule has 0 aliphatic rings. The molecule has 6 nitrogen and oxygen atoms in total. The van der Waals surface area contributed by atoms with E-state index in [-0.39, 0.29) is 37.5 Å². The van der Waals surface area contributed by atoms with Gasteiger partial charge in [-0.2, -0.15) is 0 Å². The Morgan fingerprint density at radius 1 is 0.350 bits per heavy atom. The third-order valence-corrected chi connectivity index (χ3v) is 10.8. The normalized spacial score (nSPS) is 12.5. The van der Waals surface area contributed by atoms with E-state index in [1.807, 2.05) is 0 Å². The van der Waals surface area contributed by atoms with E-state index in [2.05, 4.69) is 81.5 Å². The standard InChI is InChI=1S/C54H94O6/c1-4-7-10-13-16-19-22-25-27-29-32-35-38-41-44-47-53(56)59-50-51(49-58-52(55)46-43-40-37-34-31-24-21-18-15-12-9-6-3)60-54(57)48-45-42-39-36-33-30-28-26-23-20-17-14-11-8-5-2/h8,11,17,19-20,22,26,28,33,36,51H,4-7,9-10,12-16,18,21,23-25,27,29-32,34-35,37-50H2,1-3H3/b11-8-,20-17-,22-19-,28-26-,36-33-/t51-/m0/s1. The molecular formula is C54H94O6. The lowest BCUT2D eigenvalue weighted by Crippen LogP contribution is -2.30. The molecule has 346 valence electrons. The van der Waals surface area contributed by atoms with E-state index in [0.29, 0.717) is 19.3 Å². The van der Waals surface area contributed by atoms with Gasteiger partial charge in [0.2, 0.25) is 0 Å². The van der Waals surface area contributed by atoms with Crippen molar-refractivity contribution in [1.29, 1.82) is 0 Å². The van der Waals surface area contributed by atoms with Crippen molar-refractivity contribution in [3.05, 3.63) is 60.8 Å². The molecule has 0 saturated heterocycles. The highest BCUT2D eigenvalue weighted by atomic mass is 16.6. The maximum absolute atomic E-state index is 12.8. The molecule has 0 aromatic heterocycles. The van der Waals surface area contributed by atoms with Crippen LogP contribution in [0.2, 0.25) is 0 Å². The highest BCUT2D eigenvalue weighted by Crippen LogP contribution is 2.14. The molecule has 0 unspecified atom stereocenters. The summed E-state index contributed by atoms with van der Waals surface area (Å²) in [5.74, 6) is -0.934. The first-order valence-corrected chi connectivity index (χ1v) is 25.3. The number of hydrogen-bond acceptors (Lipinski definition) is 6. The van der Waals surface area contributed by atoms with Crippen LogP contribution >= 0.6 is 0 Å². The van der Waals surface area contributed by atoms with Crippen molar-refractivity contribution in [1.82, 2.24) is 0 Å². The number of hydrogen-bond donors (Lipinski definition) is 0. The van der Waals surface area contributed by atoms with Crippen molar-refractivity contribution in [3.8, 4) is 0 Å². The van der Waals surface area contributed by atoms with E-state index in [9.17, 15) is 14.4 Å². The Bertz CT molecular complexity index is 1100. The Morgan fingerprint density at radius 2 is 0.650 bits per heavy atom. The molecule has 0 saturated carbocycles. The summed E-state index contributed by atoms with van der Waals surface area (Å²) in [5.41, 5.74) is 0. The second-order valence-corrected chi connectivity index (χ2v) is 16.7. The monoisotopic (exact) mass is 839 g/mol. The molecule has 0 heterocycles. The molecule has 0 aliphatic heterocycles. The van der Waals surface area contributed by atoms with Gasteiger partial charge in [-0.05, 0) is 83.5 Å². The van der Waals surface area contributed by atoms with Crippen LogP contribution < -0.4 is 0 Å². The van der Waals surface area contributed by atoms with Gasteiger partial charge in [0.25, 0.3) is 0 Å². The van der Waals surface area contributed by atoms with Gasteiger partial charge in [-0.1, -0.05) is 204 Å². The molecular weight excluding hydrogens is 745 g/mol. The maximum Gasteiger partial charge on any atom is 0.306 e. The number of unbranched alkanes of at least 4 members (excludes halogenated alkanes) is 24. The van der Waals surface area contributed by atoms with E-state index in [1.54, 1.807) is 0 Å². The van der Waals surface area contributed by atoms with Crippen LogP contribution in [0.25, 0.3) is 0 Å². The fourth-order valence-corrected chi connectivity index (χ4v) is 6.96. The summed E-state index contributed by atoms with van der Waals surface area (Å²) in [6.07, 6.45) is 59.2. The van der Waals surface area contributed by atoms with Gasteiger partial charge in [0.15, 0.2) is 6.10 Å². The van der Waals surface area contributed by atoms with E-state index >= 15 is 0 Å². The lowest BCUT2D eigenvalue weighted by molar-refractivity contribution is -0.167. The van der Waals surface area contributed by atoms with Crippen LogP contribution in [0.3, 0.4) is 0 Å². The SMILES string of the molecule is CC/C=C\C/C=C\C/C=C\C/C=C\CCCCC(=O)O[C@H](COC(=O)CCCCCCCCC/C=C\CCCCCC)COC(=O)CCCCCCCCCCCCCC. The average molecular weight is 839 g/mol. The van der Waals surface area contributed by atoms with Crippen molar-refractivity contribution in [2.45, 2.75) is 252 Å². The van der Waals surface area contributed by atoms with Gasteiger partial charge in [-0.3, -0.25) is 14.4 Å². The summed E-state index contributed by atoms with van der Waals surface area (Å²) < 4.78 is 16.7. The molecule has 0 aromatic carbocycles. The summed E-state index contributed by atoms with van der Waals surface area (Å²) in [7, 11) is 0. The average Bonchev–Trinajstić information content (AvgIpc) is 3.24. The Morgan fingerprint density at radius 3 is 1.08 bits per heavy atom. The highest BCUT2D eigenvalue weighted by molar-refractivity contribution is 5.71. The highest BCUT2D eigenvalue weighted by Gasteiger charge is 2.19. The summed E-state index contributed by atoms with van der Waals surface area (Å²) in [6, 6.07) is 0. The summed E-state index contributed by atoms with van der Waals surface area (Å²) in [6.45, 7) is 6.47. The number of carbonyl (C=O) groups is 3. The lowest BCUT2D eigenvalue weighted by atomic mass is 10.0. The van der Waals surface area contributed by atoms with Gasteiger partial charge in [0.05, 0.1) is 0 Å². The van der Waals surface area contributed by atoms with Crippen LogP contribution in [0.4, 0.5) is 0 Å². The van der Waals surface area contributed by atoms with Crippen LogP contribution in [-0.2, 0) is 28.6 Å². The first-order valence-electron chi connectivity index (χ1n) is 25.3. The molecule has 1 atom stereocenters. The predicted molar refractivity (Wildman–Crippen MR) is 256 cm³/mol. The molecule has 0 bridgehead atoms. The Hall–Kier alpha value is -2.89. The Kier molecular flexibility index (Phi) is 46.4. The minimum atomic E-state index is -0.794. The molecule has 6 heteroatoms. The lowest BCUT2D eigenvalue weighted by Gasteiger charge is -2.18. The fraction of sp³-hybridized carbons (Fsp3) is 0.759. The van der Waals surface area contributed by atoms with E-state index < -0.39 is 6.10 Å². The smallest absolute Gasteiger partial charge is 0.306 e. The number of esters is 3. The summed E-state index contributed by atoms with van der Waals surface area (Å²) in [5, 5.41) is 0. The quantitative estimate of drug-likeness (QED) is 0.0263. The van der Waals surface area contributed by atoms with Crippen LogP contribution in [0.15, 0.2) is 60.8 Å². The third-order valence-electron chi connectivity index (χ3n) is 10.8. The van der Waals surface area contributed by atoms with Gasteiger partial charge in [-0.25, -0.2) is 0 Å². The molecule has 60 heavy (non-hydrogen) atoms. The van der Waals surface area contributed by atoms with Crippen LogP contribution in [0.5, 0.6) is 0 Å².